The molecule has 6 heteroatoms. The largest absolute Gasteiger partial charge is 0.379 e. The van der Waals surface area contributed by atoms with E-state index in [2.05, 4.69) is 23.1 Å². The highest BCUT2D eigenvalue weighted by molar-refractivity contribution is 7.15. The molecule has 5 nitrogen and oxygen atoms in total. The lowest BCUT2D eigenvalue weighted by molar-refractivity contribution is 0.0867. The second-order valence-electron chi connectivity index (χ2n) is 5.81. The first kappa shape index (κ1) is 14.7. The van der Waals surface area contributed by atoms with Crippen molar-refractivity contribution in [1.82, 2.24) is 10.1 Å². The average molecular weight is 307 g/mol. The zero-order valence-corrected chi connectivity index (χ0v) is 13.3. The van der Waals surface area contributed by atoms with E-state index in [4.69, 9.17) is 15.0 Å². The second kappa shape index (κ2) is 5.87. The molecule has 21 heavy (non-hydrogen) atoms. The molecular weight excluding hydrogens is 286 g/mol. The second-order valence-corrected chi connectivity index (χ2v) is 6.94. The van der Waals surface area contributed by atoms with Crippen LogP contribution >= 0.6 is 11.3 Å². The fraction of sp³-hybridized carbons (Fsp3) is 0.600. The molecule has 1 unspecified atom stereocenters. The van der Waals surface area contributed by atoms with Gasteiger partial charge in [-0.25, -0.2) is 0 Å². The van der Waals surface area contributed by atoms with Crippen LogP contribution in [0.5, 0.6) is 0 Å². The van der Waals surface area contributed by atoms with Gasteiger partial charge in [0.1, 0.15) is 5.54 Å². The van der Waals surface area contributed by atoms with Crippen LogP contribution in [0.4, 0.5) is 0 Å². The van der Waals surface area contributed by atoms with Crippen molar-refractivity contribution < 1.29 is 9.26 Å². The van der Waals surface area contributed by atoms with Crippen molar-refractivity contribution in [2.45, 2.75) is 45.1 Å². The first-order valence-corrected chi connectivity index (χ1v) is 8.24. The number of aryl methyl sites for hydroxylation is 2. The van der Waals surface area contributed by atoms with Crippen LogP contribution in [0.2, 0.25) is 0 Å². The number of aromatic nitrogens is 2. The molecular formula is C15H21N3O2S. The summed E-state index contributed by atoms with van der Waals surface area (Å²) in [5.41, 5.74) is 6.94. The van der Waals surface area contributed by atoms with Gasteiger partial charge in [-0.2, -0.15) is 4.98 Å². The van der Waals surface area contributed by atoms with Crippen LogP contribution in [0.3, 0.4) is 0 Å². The number of hydrogen-bond donors (Lipinski definition) is 1. The molecule has 0 saturated carbocycles. The van der Waals surface area contributed by atoms with Gasteiger partial charge in [0.25, 0.3) is 5.89 Å². The number of rotatable bonds is 6. The maximum absolute atomic E-state index is 6.24. The summed E-state index contributed by atoms with van der Waals surface area (Å²) in [6.07, 6.45) is 4.55. The molecule has 0 aliphatic heterocycles. The standard InChI is InChI=1S/C15H21N3O2S/c1-3-7-19-9-15(2,16)14-17-13(20-18-14)12-8-10-5-4-6-11(10)21-12/h8H,3-7,9,16H2,1-2H3. The zero-order valence-electron chi connectivity index (χ0n) is 12.5. The van der Waals surface area contributed by atoms with Gasteiger partial charge in [-0.3, -0.25) is 0 Å². The van der Waals surface area contributed by atoms with E-state index in [1.807, 2.05) is 6.92 Å². The number of thiophene rings is 1. The Kier molecular flexibility index (Phi) is 4.10. The molecule has 1 aliphatic rings. The minimum Gasteiger partial charge on any atom is -0.379 e. The normalized spacial score (nSPS) is 16.9. The van der Waals surface area contributed by atoms with Gasteiger partial charge < -0.3 is 15.0 Å². The Balaban J connectivity index is 1.76. The van der Waals surface area contributed by atoms with E-state index in [9.17, 15) is 0 Å². The van der Waals surface area contributed by atoms with Crippen LogP contribution < -0.4 is 5.73 Å². The number of fused-ring (bicyclic) bond motifs is 1. The van der Waals surface area contributed by atoms with Gasteiger partial charge in [0, 0.05) is 11.5 Å². The molecule has 1 aliphatic carbocycles. The van der Waals surface area contributed by atoms with Gasteiger partial charge in [0.15, 0.2) is 5.82 Å². The highest BCUT2D eigenvalue weighted by atomic mass is 32.1. The Labute approximate surface area is 128 Å². The van der Waals surface area contributed by atoms with E-state index >= 15 is 0 Å². The van der Waals surface area contributed by atoms with Gasteiger partial charge in [-0.05, 0) is 44.2 Å². The summed E-state index contributed by atoms with van der Waals surface area (Å²) in [7, 11) is 0. The molecule has 2 heterocycles. The Hall–Kier alpha value is -1.24. The third-order valence-electron chi connectivity index (χ3n) is 3.64. The van der Waals surface area contributed by atoms with E-state index in [0.29, 0.717) is 24.9 Å². The summed E-state index contributed by atoms with van der Waals surface area (Å²) in [5.74, 6) is 1.07. The molecule has 114 valence electrons. The van der Waals surface area contributed by atoms with Crippen LogP contribution in [0.25, 0.3) is 10.8 Å². The first-order chi connectivity index (χ1) is 10.1. The van der Waals surface area contributed by atoms with Crippen molar-refractivity contribution in [2.24, 2.45) is 5.73 Å². The summed E-state index contributed by atoms with van der Waals surface area (Å²) in [6, 6.07) is 2.17. The predicted molar refractivity (Wildman–Crippen MR) is 82.3 cm³/mol. The van der Waals surface area contributed by atoms with Gasteiger partial charge in [-0.1, -0.05) is 12.1 Å². The SMILES string of the molecule is CCCOCC(C)(N)c1noc(-c2cc3c(s2)CCC3)n1. The third-order valence-corrected chi connectivity index (χ3v) is 4.87. The van der Waals surface area contributed by atoms with Crippen LogP contribution in [0.1, 0.15) is 43.0 Å². The lowest BCUT2D eigenvalue weighted by Gasteiger charge is -2.19. The van der Waals surface area contributed by atoms with E-state index < -0.39 is 5.54 Å². The Morgan fingerprint density at radius 1 is 1.48 bits per heavy atom. The van der Waals surface area contributed by atoms with Gasteiger partial charge in [0.2, 0.25) is 0 Å². The minimum atomic E-state index is -0.725. The van der Waals surface area contributed by atoms with Crippen LogP contribution in [0, 0.1) is 0 Å². The number of nitrogens with two attached hydrogens (primary N) is 1. The van der Waals surface area contributed by atoms with Crippen molar-refractivity contribution in [3.63, 3.8) is 0 Å². The summed E-state index contributed by atoms with van der Waals surface area (Å²) >= 11 is 1.75. The van der Waals surface area contributed by atoms with Crippen molar-refractivity contribution in [2.75, 3.05) is 13.2 Å². The van der Waals surface area contributed by atoms with Gasteiger partial charge >= 0.3 is 0 Å². The highest BCUT2D eigenvalue weighted by Crippen LogP contribution is 2.36. The van der Waals surface area contributed by atoms with E-state index in [1.54, 1.807) is 11.3 Å². The van der Waals surface area contributed by atoms with Crippen molar-refractivity contribution >= 4 is 11.3 Å². The van der Waals surface area contributed by atoms with Crippen molar-refractivity contribution in [3.05, 3.63) is 22.3 Å². The fourth-order valence-corrected chi connectivity index (χ4v) is 3.66. The molecule has 0 aromatic carbocycles. The molecule has 1 atom stereocenters. The van der Waals surface area contributed by atoms with Crippen LogP contribution in [0.15, 0.2) is 10.6 Å². The summed E-state index contributed by atoms with van der Waals surface area (Å²) in [4.78, 5) is 6.97. The monoisotopic (exact) mass is 307 g/mol. The zero-order chi connectivity index (χ0) is 14.9. The molecule has 3 rings (SSSR count). The van der Waals surface area contributed by atoms with Crippen molar-refractivity contribution in [3.8, 4) is 10.8 Å². The Bertz CT molecular complexity index is 597. The third kappa shape index (κ3) is 3.02. The molecule has 2 N–H and O–H groups in total. The molecule has 0 radical (unpaired) electrons. The molecule has 0 amide bonds. The topological polar surface area (TPSA) is 74.2 Å². The van der Waals surface area contributed by atoms with E-state index in [0.717, 1.165) is 17.7 Å². The molecule has 2 aromatic heterocycles. The Morgan fingerprint density at radius 2 is 2.33 bits per heavy atom. The lowest BCUT2D eigenvalue weighted by atomic mass is 10.1. The average Bonchev–Trinajstić information content (AvgIpc) is 3.13. The van der Waals surface area contributed by atoms with Gasteiger partial charge in [-0.15, -0.1) is 11.3 Å². The predicted octanol–water partition coefficient (Wildman–Crippen LogP) is 2.89. The molecule has 0 fully saturated rings. The summed E-state index contributed by atoms with van der Waals surface area (Å²) < 4.78 is 10.9. The molecule has 0 saturated heterocycles. The van der Waals surface area contributed by atoms with E-state index in [1.165, 1.54) is 23.3 Å². The quantitative estimate of drug-likeness (QED) is 0.831. The maximum atomic E-state index is 6.24. The molecule has 0 spiro atoms. The number of nitrogens with zero attached hydrogens (tertiary/aromatic N) is 2. The number of ether oxygens (including phenoxy) is 1. The number of hydrogen-bond acceptors (Lipinski definition) is 6. The minimum absolute atomic E-state index is 0.390. The van der Waals surface area contributed by atoms with Crippen LogP contribution in [-0.4, -0.2) is 23.4 Å². The first-order valence-electron chi connectivity index (χ1n) is 7.43. The fourth-order valence-electron chi connectivity index (χ4n) is 2.48. The smallest absolute Gasteiger partial charge is 0.268 e. The molecule has 0 bridgehead atoms. The molecule has 2 aromatic rings. The van der Waals surface area contributed by atoms with E-state index in [-0.39, 0.29) is 0 Å². The maximum Gasteiger partial charge on any atom is 0.268 e. The highest BCUT2D eigenvalue weighted by Gasteiger charge is 2.29. The van der Waals surface area contributed by atoms with Crippen LogP contribution in [-0.2, 0) is 23.1 Å². The summed E-state index contributed by atoms with van der Waals surface area (Å²) in [5, 5.41) is 4.04. The van der Waals surface area contributed by atoms with Crippen molar-refractivity contribution in [1.29, 1.82) is 0 Å². The lowest BCUT2D eigenvalue weighted by Crippen LogP contribution is -2.39. The Morgan fingerprint density at radius 3 is 3.10 bits per heavy atom. The summed E-state index contributed by atoms with van der Waals surface area (Å²) in [6.45, 7) is 5.01. The van der Waals surface area contributed by atoms with Gasteiger partial charge in [0.05, 0.1) is 11.5 Å².